The Labute approximate surface area is 106 Å². The Morgan fingerprint density at radius 3 is 2.31 bits per heavy atom. The van der Waals surface area contributed by atoms with Gasteiger partial charge in [-0.05, 0) is 25.6 Å². The quantitative estimate of drug-likeness (QED) is 0.744. The van der Waals surface area contributed by atoms with Gasteiger partial charge >= 0.3 is 0 Å². The molecule has 1 radical (unpaired) electrons. The second-order valence-electron chi connectivity index (χ2n) is 2.77. The van der Waals surface area contributed by atoms with Crippen LogP contribution in [0.5, 0.6) is 0 Å². The van der Waals surface area contributed by atoms with Crippen LogP contribution in [0.1, 0.15) is 13.3 Å². The van der Waals surface area contributed by atoms with Crippen LogP contribution in [0.15, 0.2) is 30.3 Å². The van der Waals surface area contributed by atoms with Gasteiger partial charge < -0.3 is 11.8 Å². The molecule has 0 aliphatic rings. The standard InChI is InChI=1S/C11H16N.Y/c1-3-10-12(4-2)11-8-6-5-7-9-11;/h5-9H,1,3-4,10H2,2H3;/q-1;. The SMILES string of the molecule is [CH2-]CCN(CC)c1ccccc1.[Y]. The summed E-state index contributed by atoms with van der Waals surface area (Å²) in [6, 6.07) is 10.5. The summed E-state index contributed by atoms with van der Waals surface area (Å²) >= 11 is 0. The van der Waals surface area contributed by atoms with Gasteiger partial charge in [0.05, 0.1) is 0 Å². The van der Waals surface area contributed by atoms with Crippen molar-refractivity contribution in [2.24, 2.45) is 0 Å². The van der Waals surface area contributed by atoms with E-state index < -0.39 is 0 Å². The van der Waals surface area contributed by atoms with Crippen molar-refractivity contribution in [2.45, 2.75) is 13.3 Å². The van der Waals surface area contributed by atoms with E-state index in [1.165, 1.54) is 5.69 Å². The minimum atomic E-state index is 0. The van der Waals surface area contributed by atoms with Crippen molar-refractivity contribution in [3.63, 3.8) is 0 Å². The summed E-state index contributed by atoms with van der Waals surface area (Å²) in [6.07, 6.45) is 0.961. The number of para-hydroxylation sites is 1. The Morgan fingerprint density at radius 2 is 1.85 bits per heavy atom. The number of nitrogens with zero attached hydrogens (tertiary/aromatic N) is 1. The monoisotopic (exact) mass is 251 g/mol. The zero-order valence-electron chi connectivity index (χ0n) is 8.24. The van der Waals surface area contributed by atoms with Crippen LogP contribution in [-0.2, 0) is 32.7 Å². The van der Waals surface area contributed by atoms with Crippen molar-refractivity contribution in [1.29, 1.82) is 0 Å². The minimum Gasteiger partial charge on any atom is -0.374 e. The largest absolute Gasteiger partial charge is 0.374 e. The maximum Gasteiger partial charge on any atom is 0.0365 e. The van der Waals surface area contributed by atoms with E-state index >= 15 is 0 Å². The van der Waals surface area contributed by atoms with E-state index in [4.69, 9.17) is 0 Å². The summed E-state index contributed by atoms with van der Waals surface area (Å²) in [5.74, 6) is 0. The molecule has 0 saturated carbocycles. The first-order valence-electron chi connectivity index (χ1n) is 4.47. The molecular weight excluding hydrogens is 235 g/mol. The van der Waals surface area contributed by atoms with Crippen LogP contribution in [-0.4, -0.2) is 13.1 Å². The zero-order valence-corrected chi connectivity index (χ0v) is 11.1. The topological polar surface area (TPSA) is 3.24 Å². The molecule has 0 aliphatic heterocycles. The molecule has 0 N–H and O–H groups in total. The van der Waals surface area contributed by atoms with Crippen LogP contribution in [0.4, 0.5) is 5.69 Å². The summed E-state index contributed by atoms with van der Waals surface area (Å²) in [4.78, 5) is 2.33. The Hall–Kier alpha value is 0.124. The smallest absolute Gasteiger partial charge is 0.0365 e. The molecule has 1 rings (SSSR count). The average molecular weight is 251 g/mol. The number of rotatable bonds is 4. The van der Waals surface area contributed by atoms with E-state index in [1.54, 1.807) is 0 Å². The third-order valence-electron chi connectivity index (χ3n) is 1.93. The van der Waals surface area contributed by atoms with Crippen molar-refractivity contribution in [2.75, 3.05) is 18.0 Å². The fraction of sp³-hybridized carbons (Fsp3) is 0.364. The van der Waals surface area contributed by atoms with Crippen LogP contribution in [0.3, 0.4) is 0 Å². The van der Waals surface area contributed by atoms with Gasteiger partial charge in [0.1, 0.15) is 0 Å². The van der Waals surface area contributed by atoms with Crippen LogP contribution in [0, 0.1) is 6.92 Å². The summed E-state index contributed by atoms with van der Waals surface area (Å²) in [5.41, 5.74) is 1.30. The molecule has 0 aromatic heterocycles. The van der Waals surface area contributed by atoms with Gasteiger partial charge in [0.2, 0.25) is 0 Å². The molecule has 2 heteroatoms. The molecule has 0 aliphatic carbocycles. The molecule has 1 aromatic rings. The second-order valence-corrected chi connectivity index (χ2v) is 2.77. The first-order chi connectivity index (χ1) is 5.88. The molecule has 0 amide bonds. The number of anilines is 1. The Morgan fingerprint density at radius 1 is 1.23 bits per heavy atom. The maximum atomic E-state index is 3.86. The van der Waals surface area contributed by atoms with E-state index in [2.05, 4.69) is 43.0 Å². The molecule has 13 heavy (non-hydrogen) atoms. The molecule has 0 saturated heterocycles. The summed E-state index contributed by atoms with van der Waals surface area (Å²) in [7, 11) is 0. The van der Waals surface area contributed by atoms with Crippen molar-refractivity contribution in [3.05, 3.63) is 37.3 Å². The van der Waals surface area contributed by atoms with Crippen LogP contribution >= 0.6 is 0 Å². The average Bonchev–Trinajstić information content (AvgIpc) is 2.15. The van der Waals surface area contributed by atoms with E-state index in [0.29, 0.717) is 0 Å². The molecule has 0 atom stereocenters. The van der Waals surface area contributed by atoms with Gasteiger partial charge in [-0.1, -0.05) is 18.2 Å². The first kappa shape index (κ1) is 13.1. The second kappa shape index (κ2) is 7.52. The third-order valence-corrected chi connectivity index (χ3v) is 1.93. The van der Waals surface area contributed by atoms with Crippen molar-refractivity contribution >= 4 is 5.69 Å². The van der Waals surface area contributed by atoms with Crippen molar-refractivity contribution in [3.8, 4) is 0 Å². The molecule has 1 aromatic carbocycles. The molecule has 0 fully saturated rings. The first-order valence-corrected chi connectivity index (χ1v) is 4.47. The summed E-state index contributed by atoms with van der Waals surface area (Å²) in [5, 5.41) is 0. The molecule has 1 nitrogen and oxygen atoms in total. The van der Waals surface area contributed by atoms with Gasteiger partial charge in [0.25, 0.3) is 0 Å². The Bertz CT molecular complexity index is 211. The predicted octanol–water partition coefficient (Wildman–Crippen LogP) is 2.73. The van der Waals surface area contributed by atoms with E-state index in [1.807, 2.05) is 6.07 Å². The number of benzene rings is 1. The number of hydrogen-bond acceptors (Lipinski definition) is 1. The Kier molecular flexibility index (Phi) is 7.59. The van der Waals surface area contributed by atoms with Gasteiger partial charge in [-0.25, -0.2) is 0 Å². The van der Waals surface area contributed by atoms with E-state index in [0.717, 1.165) is 19.5 Å². The number of hydrogen-bond donors (Lipinski definition) is 0. The van der Waals surface area contributed by atoms with E-state index in [9.17, 15) is 0 Å². The molecular formula is C11H16NY-. The normalized spacial score (nSPS) is 9.08. The van der Waals surface area contributed by atoms with Gasteiger partial charge in [-0.2, -0.15) is 6.42 Å². The van der Waals surface area contributed by atoms with Gasteiger partial charge in [0.15, 0.2) is 0 Å². The molecule has 0 spiro atoms. The third kappa shape index (κ3) is 4.24. The van der Waals surface area contributed by atoms with Crippen molar-refractivity contribution < 1.29 is 32.7 Å². The molecule has 0 unspecified atom stereocenters. The summed E-state index contributed by atoms with van der Waals surface area (Å²) < 4.78 is 0. The predicted molar refractivity (Wildman–Crippen MR) is 54.3 cm³/mol. The Balaban J connectivity index is 0.00000144. The van der Waals surface area contributed by atoms with Gasteiger partial charge in [-0.3, -0.25) is 0 Å². The molecule has 0 heterocycles. The van der Waals surface area contributed by atoms with Crippen LogP contribution in [0.2, 0.25) is 0 Å². The zero-order chi connectivity index (χ0) is 8.81. The van der Waals surface area contributed by atoms with Gasteiger partial charge in [0, 0.05) is 44.9 Å². The minimum absolute atomic E-state index is 0. The fourth-order valence-electron chi connectivity index (χ4n) is 1.30. The van der Waals surface area contributed by atoms with Gasteiger partial charge in [-0.15, -0.1) is 0 Å². The summed E-state index contributed by atoms with van der Waals surface area (Å²) in [6.45, 7) is 8.12. The van der Waals surface area contributed by atoms with Crippen LogP contribution < -0.4 is 4.90 Å². The fourth-order valence-corrected chi connectivity index (χ4v) is 1.30. The van der Waals surface area contributed by atoms with E-state index in [-0.39, 0.29) is 32.7 Å². The van der Waals surface area contributed by atoms with Crippen LogP contribution in [0.25, 0.3) is 0 Å². The van der Waals surface area contributed by atoms with Crippen molar-refractivity contribution in [1.82, 2.24) is 0 Å². The molecule has 0 bridgehead atoms. The molecule has 69 valence electrons. The maximum absolute atomic E-state index is 3.86.